The predicted octanol–water partition coefficient (Wildman–Crippen LogP) is 7.22. The number of hydrogen-bond donors (Lipinski definition) is 2. The van der Waals surface area contributed by atoms with E-state index in [0.29, 0.717) is 5.92 Å². The smallest absolute Gasteiger partial charge is 0.102 e. The first-order valence-corrected chi connectivity index (χ1v) is 17.6. The summed E-state index contributed by atoms with van der Waals surface area (Å²) in [6.45, 7) is 6.57. The van der Waals surface area contributed by atoms with Gasteiger partial charge in [-0.2, -0.15) is 0 Å². The zero-order chi connectivity index (χ0) is 28.2. The van der Waals surface area contributed by atoms with Gasteiger partial charge < -0.3 is 31.7 Å². The van der Waals surface area contributed by atoms with Crippen LogP contribution in [0.3, 0.4) is 0 Å². The first-order valence-electron chi connectivity index (χ1n) is 17.6. The monoisotopic (exact) mass is 619 g/mol. The van der Waals surface area contributed by atoms with E-state index in [0.717, 1.165) is 30.4 Å². The van der Waals surface area contributed by atoms with Crippen LogP contribution in [0.1, 0.15) is 181 Å². The lowest BCUT2D eigenvalue weighted by Gasteiger charge is -2.35. The molecule has 0 aromatic heterocycles. The van der Waals surface area contributed by atoms with E-state index in [2.05, 4.69) is 27.9 Å². The summed E-state index contributed by atoms with van der Waals surface area (Å²) in [7, 11) is 4.42. The molecule has 0 aromatic carbocycles. The van der Waals surface area contributed by atoms with Crippen LogP contribution in [0.15, 0.2) is 0 Å². The second-order valence-corrected chi connectivity index (χ2v) is 13.2. The standard InChI is InChI=1S/C35H74NO2.BrH/c1-5-7-9-11-13-15-17-19-21-23-25-27-29-34(33-36(3,4)31-32-37)35(38)30-28-26-24-22-20-18-16-14-12-10-8-6-2;/h34-35,37-38H,5-33H2,1-4H3;1H/q+1;/p-1. The molecule has 2 unspecified atom stereocenters. The normalized spacial score (nSPS) is 13.4. The van der Waals surface area contributed by atoms with E-state index in [1.165, 1.54) is 154 Å². The molecular weight excluding hydrogens is 546 g/mol. The predicted molar refractivity (Wildman–Crippen MR) is 170 cm³/mol. The SMILES string of the molecule is CCCCCCCCCCCCCCC(O)C(CCCCCCCCCCCCCC)C[N+](C)(C)CCO.[Br-]. The van der Waals surface area contributed by atoms with Gasteiger partial charge >= 0.3 is 0 Å². The van der Waals surface area contributed by atoms with Crippen LogP contribution >= 0.6 is 0 Å². The number of likely N-dealkylation sites (N-methyl/N-ethyl adjacent to an activating group) is 1. The molecule has 0 spiro atoms. The summed E-state index contributed by atoms with van der Waals surface area (Å²) in [6, 6.07) is 0. The van der Waals surface area contributed by atoms with Crippen molar-refractivity contribution in [3.05, 3.63) is 0 Å². The minimum Gasteiger partial charge on any atom is -1.00 e. The van der Waals surface area contributed by atoms with E-state index in [1.807, 2.05) is 0 Å². The average molecular weight is 621 g/mol. The lowest BCUT2D eigenvalue weighted by molar-refractivity contribution is -0.894. The molecule has 0 aromatic rings. The Balaban J connectivity index is 0. The van der Waals surface area contributed by atoms with E-state index in [9.17, 15) is 10.2 Å². The molecule has 0 fully saturated rings. The minimum absolute atomic E-state index is 0. The Hall–Kier alpha value is 0.360. The number of rotatable bonds is 31. The molecule has 0 radical (unpaired) electrons. The van der Waals surface area contributed by atoms with E-state index < -0.39 is 0 Å². The third-order valence-corrected chi connectivity index (χ3v) is 8.76. The highest BCUT2D eigenvalue weighted by Gasteiger charge is 2.27. The molecule has 0 saturated heterocycles. The van der Waals surface area contributed by atoms with E-state index in [1.54, 1.807) is 0 Å². The van der Waals surface area contributed by atoms with Gasteiger partial charge in [-0.3, -0.25) is 0 Å². The van der Waals surface area contributed by atoms with E-state index in [4.69, 9.17) is 0 Å². The Kier molecular flexibility index (Phi) is 33.3. The Labute approximate surface area is 257 Å². The maximum absolute atomic E-state index is 11.1. The van der Waals surface area contributed by atoms with Crippen LogP contribution in [0.5, 0.6) is 0 Å². The van der Waals surface area contributed by atoms with Crippen molar-refractivity contribution in [1.82, 2.24) is 0 Å². The van der Waals surface area contributed by atoms with Gasteiger partial charge in [0.15, 0.2) is 0 Å². The van der Waals surface area contributed by atoms with Gasteiger partial charge in [0, 0.05) is 5.92 Å². The van der Waals surface area contributed by atoms with Crippen molar-refractivity contribution in [3.63, 3.8) is 0 Å². The van der Waals surface area contributed by atoms with Gasteiger partial charge in [0.05, 0.1) is 33.4 Å². The Morgan fingerprint density at radius 1 is 0.487 bits per heavy atom. The van der Waals surface area contributed by atoms with E-state index in [-0.39, 0.29) is 29.7 Å². The van der Waals surface area contributed by atoms with Crippen molar-refractivity contribution in [1.29, 1.82) is 0 Å². The maximum Gasteiger partial charge on any atom is 0.102 e. The lowest BCUT2D eigenvalue weighted by Crippen LogP contribution is -3.00. The highest BCUT2D eigenvalue weighted by atomic mass is 79.9. The van der Waals surface area contributed by atoms with Gasteiger partial charge in [-0.25, -0.2) is 0 Å². The van der Waals surface area contributed by atoms with Gasteiger partial charge in [0.2, 0.25) is 0 Å². The topological polar surface area (TPSA) is 40.5 Å². The van der Waals surface area contributed by atoms with Crippen molar-refractivity contribution in [2.75, 3.05) is 33.8 Å². The molecule has 2 atom stereocenters. The zero-order valence-corrected chi connectivity index (χ0v) is 29.0. The number of aliphatic hydroxyl groups is 2. The third-order valence-electron chi connectivity index (χ3n) is 8.76. The number of nitrogens with zero attached hydrogens (tertiary/aromatic N) is 1. The number of unbranched alkanes of at least 4 members (excludes halogenated alkanes) is 22. The molecule has 4 heteroatoms. The summed E-state index contributed by atoms with van der Waals surface area (Å²) >= 11 is 0. The second kappa shape index (κ2) is 31.3. The Morgan fingerprint density at radius 2 is 0.795 bits per heavy atom. The van der Waals surface area contributed by atoms with Crippen molar-refractivity contribution in [2.45, 2.75) is 187 Å². The molecule has 2 N–H and O–H groups in total. The Bertz CT molecular complexity index is 460. The summed E-state index contributed by atoms with van der Waals surface area (Å²) in [6.07, 6.45) is 34.9. The van der Waals surface area contributed by atoms with Crippen LogP contribution in [0.2, 0.25) is 0 Å². The summed E-state index contributed by atoms with van der Waals surface area (Å²) < 4.78 is 0.814. The van der Waals surface area contributed by atoms with Gasteiger partial charge in [-0.15, -0.1) is 0 Å². The van der Waals surface area contributed by atoms with Crippen LogP contribution in [-0.2, 0) is 0 Å². The second-order valence-electron chi connectivity index (χ2n) is 13.2. The highest BCUT2D eigenvalue weighted by Crippen LogP contribution is 2.23. The first kappa shape index (κ1) is 41.5. The number of quaternary nitrogens is 1. The molecule has 0 aliphatic heterocycles. The van der Waals surface area contributed by atoms with Gasteiger partial charge in [0.1, 0.15) is 6.54 Å². The van der Waals surface area contributed by atoms with Crippen molar-refractivity contribution >= 4 is 0 Å². The van der Waals surface area contributed by atoms with Crippen molar-refractivity contribution in [2.24, 2.45) is 5.92 Å². The molecule has 0 amide bonds. The summed E-state index contributed by atoms with van der Waals surface area (Å²) in [5, 5.41) is 20.6. The third kappa shape index (κ3) is 29.6. The van der Waals surface area contributed by atoms with Crippen LogP contribution in [0.25, 0.3) is 0 Å². The van der Waals surface area contributed by atoms with Crippen molar-refractivity contribution in [3.8, 4) is 0 Å². The fourth-order valence-corrected chi connectivity index (χ4v) is 6.08. The van der Waals surface area contributed by atoms with Gasteiger partial charge in [-0.1, -0.05) is 168 Å². The first-order chi connectivity index (χ1) is 18.5. The lowest BCUT2D eigenvalue weighted by atomic mass is 9.90. The summed E-state index contributed by atoms with van der Waals surface area (Å²) in [5.74, 6) is 0.368. The summed E-state index contributed by atoms with van der Waals surface area (Å²) in [4.78, 5) is 0. The van der Waals surface area contributed by atoms with Crippen LogP contribution in [0.4, 0.5) is 0 Å². The van der Waals surface area contributed by atoms with Crippen LogP contribution in [-0.4, -0.2) is 54.6 Å². The minimum atomic E-state index is -0.179. The van der Waals surface area contributed by atoms with Gasteiger partial charge in [-0.05, 0) is 12.8 Å². The number of aliphatic hydroxyl groups excluding tert-OH is 2. The van der Waals surface area contributed by atoms with Crippen LogP contribution < -0.4 is 17.0 Å². The largest absolute Gasteiger partial charge is 1.00 e. The molecule has 238 valence electrons. The molecule has 0 aliphatic rings. The molecular formula is C35H74BrNO2. The maximum atomic E-state index is 11.1. The average Bonchev–Trinajstić information content (AvgIpc) is 2.89. The molecule has 0 saturated carbocycles. The highest BCUT2D eigenvalue weighted by molar-refractivity contribution is 4.70. The number of hydrogen-bond acceptors (Lipinski definition) is 2. The van der Waals surface area contributed by atoms with Gasteiger partial charge in [0.25, 0.3) is 0 Å². The zero-order valence-electron chi connectivity index (χ0n) is 27.4. The molecule has 0 rings (SSSR count). The fraction of sp³-hybridized carbons (Fsp3) is 1.00. The van der Waals surface area contributed by atoms with Crippen molar-refractivity contribution < 1.29 is 31.7 Å². The van der Waals surface area contributed by atoms with E-state index >= 15 is 0 Å². The Morgan fingerprint density at radius 3 is 1.13 bits per heavy atom. The molecule has 0 aliphatic carbocycles. The quantitative estimate of drug-likeness (QED) is 0.0635. The molecule has 0 heterocycles. The molecule has 39 heavy (non-hydrogen) atoms. The van der Waals surface area contributed by atoms with Crippen LogP contribution in [0, 0.1) is 5.92 Å². The molecule has 0 bridgehead atoms. The fourth-order valence-electron chi connectivity index (χ4n) is 6.08. The number of halogens is 1. The summed E-state index contributed by atoms with van der Waals surface area (Å²) in [5.41, 5.74) is 0. The molecule has 3 nitrogen and oxygen atoms in total.